The summed E-state index contributed by atoms with van der Waals surface area (Å²) in [6, 6.07) is 2.01. The van der Waals surface area contributed by atoms with Gasteiger partial charge < -0.3 is 5.32 Å². The first-order chi connectivity index (χ1) is 8.72. The molecule has 0 fully saturated rings. The number of nitrogens with one attached hydrogen (secondary N) is 1. The van der Waals surface area contributed by atoms with Crippen LogP contribution in [0.2, 0.25) is 5.02 Å². The van der Waals surface area contributed by atoms with E-state index in [4.69, 9.17) is 11.6 Å². The maximum Gasteiger partial charge on any atom is 0.287 e. The summed E-state index contributed by atoms with van der Waals surface area (Å²) in [6.07, 6.45) is 3.16. The van der Waals surface area contributed by atoms with Gasteiger partial charge in [-0.15, -0.1) is 6.58 Å². The quantitative estimate of drug-likeness (QED) is 0.857. The fourth-order valence-electron chi connectivity index (χ4n) is 1.43. The Morgan fingerprint density at radius 3 is 3.11 bits per heavy atom. The van der Waals surface area contributed by atoms with Crippen molar-refractivity contribution in [3.05, 3.63) is 56.6 Å². The molecule has 2 aromatic rings. The Kier molecular flexibility index (Phi) is 4.17. The first-order valence-electron chi connectivity index (χ1n) is 5.34. The number of rotatable bonds is 5. The highest BCUT2D eigenvalue weighted by atomic mass is 35.5. The van der Waals surface area contributed by atoms with Gasteiger partial charge in [-0.3, -0.25) is 4.79 Å². The van der Waals surface area contributed by atoms with Crippen molar-refractivity contribution in [1.82, 2.24) is 9.78 Å². The zero-order chi connectivity index (χ0) is 13.0. The summed E-state index contributed by atoms with van der Waals surface area (Å²) in [6.45, 7) is 4.53. The van der Waals surface area contributed by atoms with Crippen LogP contribution in [0.1, 0.15) is 5.56 Å². The number of nitrogens with zero attached hydrogens (tertiary/aromatic N) is 2. The van der Waals surface area contributed by atoms with Gasteiger partial charge in [0.05, 0.1) is 18.4 Å². The maximum absolute atomic E-state index is 11.8. The number of hydrogen-bond donors (Lipinski definition) is 1. The van der Waals surface area contributed by atoms with Crippen molar-refractivity contribution in [2.24, 2.45) is 0 Å². The highest BCUT2D eigenvalue weighted by Gasteiger charge is 2.08. The molecule has 0 aliphatic carbocycles. The molecule has 0 aromatic carbocycles. The lowest BCUT2D eigenvalue weighted by molar-refractivity contribution is 0.653. The summed E-state index contributed by atoms with van der Waals surface area (Å²) in [4.78, 5) is 11.8. The van der Waals surface area contributed by atoms with Crippen molar-refractivity contribution in [3.8, 4) is 0 Å². The molecule has 2 rings (SSSR count). The van der Waals surface area contributed by atoms with Gasteiger partial charge in [-0.1, -0.05) is 17.7 Å². The van der Waals surface area contributed by atoms with Crippen LogP contribution in [0, 0.1) is 0 Å². The van der Waals surface area contributed by atoms with Crippen molar-refractivity contribution in [3.63, 3.8) is 0 Å². The second kappa shape index (κ2) is 5.84. The lowest BCUT2D eigenvalue weighted by atomic mass is 10.3. The third-order valence-corrected chi connectivity index (χ3v) is 3.45. The smallest absolute Gasteiger partial charge is 0.287 e. The van der Waals surface area contributed by atoms with Gasteiger partial charge in [-0.05, 0) is 22.4 Å². The SMILES string of the molecule is C=CCn1ncc(NCc2ccsc2)c(Cl)c1=O. The summed E-state index contributed by atoms with van der Waals surface area (Å²) in [5.74, 6) is 0. The van der Waals surface area contributed by atoms with E-state index in [9.17, 15) is 4.79 Å². The summed E-state index contributed by atoms with van der Waals surface area (Å²) in [5, 5.41) is 11.3. The second-order valence-corrected chi connectivity index (χ2v) is 4.79. The number of anilines is 1. The molecule has 0 saturated heterocycles. The third-order valence-electron chi connectivity index (χ3n) is 2.35. The Labute approximate surface area is 114 Å². The summed E-state index contributed by atoms with van der Waals surface area (Å²) < 4.78 is 1.27. The number of halogens is 1. The number of aromatic nitrogens is 2. The van der Waals surface area contributed by atoms with E-state index >= 15 is 0 Å². The Balaban J connectivity index is 2.16. The van der Waals surface area contributed by atoms with E-state index in [1.807, 2.05) is 16.8 Å². The average Bonchev–Trinajstić information content (AvgIpc) is 2.87. The third kappa shape index (κ3) is 2.80. The minimum Gasteiger partial charge on any atom is -0.378 e. The summed E-state index contributed by atoms with van der Waals surface area (Å²) >= 11 is 7.63. The lowest BCUT2D eigenvalue weighted by Gasteiger charge is -2.08. The fourth-order valence-corrected chi connectivity index (χ4v) is 2.31. The van der Waals surface area contributed by atoms with Crippen LogP contribution in [0.25, 0.3) is 0 Å². The van der Waals surface area contributed by atoms with Crippen LogP contribution in [-0.4, -0.2) is 9.78 Å². The van der Waals surface area contributed by atoms with E-state index in [2.05, 4.69) is 17.0 Å². The van der Waals surface area contributed by atoms with Crippen molar-refractivity contribution in [2.45, 2.75) is 13.1 Å². The first-order valence-corrected chi connectivity index (χ1v) is 6.66. The minimum atomic E-state index is -0.313. The zero-order valence-corrected chi connectivity index (χ0v) is 11.2. The molecule has 18 heavy (non-hydrogen) atoms. The van der Waals surface area contributed by atoms with E-state index < -0.39 is 0 Å². The van der Waals surface area contributed by atoms with Crippen LogP contribution in [0.5, 0.6) is 0 Å². The van der Waals surface area contributed by atoms with Gasteiger partial charge in [0.2, 0.25) is 0 Å². The lowest BCUT2D eigenvalue weighted by Crippen LogP contribution is -2.23. The number of thiophene rings is 1. The highest BCUT2D eigenvalue weighted by molar-refractivity contribution is 7.07. The second-order valence-electron chi connectivity index (χ2n) is 3.63. The molecule has 94 valence electrons. The van der Waals surface area contributed by atoms with Crippen LogP contribution in [-0.2, 0) is 13.1 Å². The van der Waals surface area contributed by atoms with E-state index in [0.717, 1.165) is 5.56 Å². The first kappa shape index (κ1) is 12.9. The van der Waals surface area contributed by atoms with Crippen molar-refractivity contribution >= 4 is 28.6 Å². The standard InChI is InChI=1S/C12H12ClN3OS/c1-2-4-16-12(17)11(13)10(7-15-16)14-6-9-3-5-18-8-9/h2-3,5,7-8,14H,1,4,6H2. The van der Waals surface area contributed by atoms with Crippen molar-refractivity contribution < 1.29 is 0 Å². The van der Waals surface area contributed by atoms with E-state index in [0.29, 0.717) is 18.8 Å². The normalized spacial score (nSPS) is 10.3. The molecular formula is C12H12ClN3OS. The molecule has 0 spiro atoms. The van der Waals surface area contributed by atoms with Crippen LogP contribution < -0.4 is 10.9 Å². The fraction of sp³-hybridized carbons (Fsp3) is 0.167. The Morgan fingerprint density at radius 2 is 2.44 bits per heavy atom. The number of hydrogen-bond acceptors (Lipinski definition) is 4. The van der Waals surface area contributed by atoms with Gasteiger partial charge in [-0.2, -0.15) is 16.4 Å². The van der Waals surface area contributed by atoms with Crippen LogP contribution in [0.3, 0.4) is 0 Å². The maximum atomic E-state index is 11.8. The van der Waals surface area contributed by atoms with Gasteiger partial charge >= 0.3 is 0 Å². The van der Waals surface area contributed by atoms with Crippen LogP contribution in [0.4, 0.5) is 5.69 Å². The number of allylic oxidation sites excluding steroid dienone is 1. The molecule has 6 heteroatoms. The average molecular weight is 282 g/mol. The molecule has 2 aromatic heterocycles. The Hall–Kier alpha value is -1.59. The topological polar surface area (TPSA) is 46.9 Å². The largest absolute Gasteiger partial charge is 0.378 e. The molecule has 1 N–H and O–H groups in total. The zero-order valence-electron chi connectivity index (χ0n) is 9.60. The van der Waals surface area contributed by atoms with Gasteiger partial charge in [-0.25, -0.2) is 4.68 Å². The van der Waals surface area contributed by atoms with E-state index in [1.54, 1.807) is 23.6 Å². The van der Waals surface area contributed by atoms with Crippen molar-refractivity contribution in [2.75, 3.05) is 5.32 Å². The molecule has 0 unspecified atom stereocenters. The van der Waals surface area contributed by atoms with Gasteiger partial charge in [0.1, 0.15) is 5.02 Å². The molecule has 0 aliphatic rings. The van der Waals surface area contributed by atoms with E-state index in [-0.39, 0.29) is 10.6 Å². The molecule has 4 nitrogen and oxygen atoms in total. The predicted octanol–water partition coefficient (Wildman–Crippen LogP) is 2.76. The highest BCUT2D eigenvalue weighted by Crippen LogP contribution is 2.17. The van der Waals surface area contributed by atoms with Gasteiger partial charge in [0.15, 0.2) is 0 Å². The summed E-state index contributed by atoms with van der Waals surface area (Å²) in [7, 11) is 0. The Bertz CT molecular complexity index is 592. The van der Waals surface area contributed by atoms with Crippen molar-refractivity contribution in [1.29, 1.82) is 0 Å². The summed E-state index contributed by atoms with van der Waals surface area (Å²) in [5.41, 5.74) is 1.38. The van der Waals surface area contributed by atoms with Crippen LogP contribution in [0.15, 0.2) is 40.5 Å². The molecule has 2 heterocycles. The molecule has 0 amide bonds. The molecule has 0 saturated carbocycles. The van der Waals surface area contributed by atoms with Gasteiger partial charge in [0.25, 0.3) is 5.56 Å². The molecular weight excluding hydrogens is 270 g/mol. The monoisotopic (exact) mass is 281 g/mol. The molecule has 0 aliphatic heterocycles. The molecule has 0 bridgehead atoms. The van der Waals surface area contributed by atoms with Crippen LogP contribution >= 0.6 is 22.9 Å². The minimum absolute atomic E-state index is 0.155. The predicted molar refractivity (Wildman–Crippen MR) is 75.3 cm³/mol. The van der Waals surface area contributed by atoms with Gasteiger partial charge in [0, 0.05) is 6.54 Å². The van der Waals surface area contributed by atoms with E-state index in [1.165, 1.54) is 4.68 Å². The Morgan fingerprint density at radius 1 is 1.61 bits per heavy atom. The molecule has 0 atom stereocenters. The molecule has 0 radical (unpaired) electrons.